The molecular formula is C14H10N6O. The van der Waals surface area contributed by atoms with E-state index in [0.29, 0.717) is 5.82 Å². The topological polar surface area (TPSA) is 92.5 Å². The first kappa shape index (κ1) is 11.6. The van der Waals surface area contributed by atoms with E-state index in [0.717, 1.165) is 22.2 Å². The van der Waals surface area contributed by atoms with Gasteiger partial charge in [0.1, 0.15) is 5.75 Å². The molecule has 102 valence electrons. The predicted octanol–water partition coefficient (Wildman–Crippen LogP) is 1.91. The van der Waals surface area contributed by atoms with Gasteiger partial charge in [-0.05, 0) is 23.4 Å². The maximum absolute atomic E-state index is 9.62. The van der Waals surface area contributed by atoms with Gasteiger partial charge in [-0.15, -0.1) is 10.2 Å². The van der Waals surface area contributed by atoms with Crippen LogP contribution in [0.5, 0.6) is 5.75 Å². The number of benzene rings is 2. The molecule has 0 aliphatic heterocycles. The summed E-state index contributed by atoms with van der Waals surface area (Å²) in [4.78, 5) is 0. The van der Waals surface area contributed by atoms with E-state index >= 15 is 0 Å². The Kier molecular flexibility index (Phi) is 2.43. The minimum Gasteiger partial charge on any atom is -0.508 e. The number of fused-ring (bicyclic) bond motifs is 1. The fourth-order valence-corrected chi connectivity index (χ4v) is 2.27. The average Bonchev–Trinajstić information content (AvgIpc) is 3.16. The lowest BCUT2D eigenvalue weighted by Gasteiger charge is -2.04. The fraction of sp³-hybridized carbons (Fsp3) is 0. The third kappa shape index (κ3) is 1.91. The van der Waals surface area contributed by atoms with Gasteiger partial charge < -0.3 is 5.11 Å². The SMILES string of the molecule is Oc1cccc(-n2ncc3ccc(-c4nn[nH]n4)cc32)c1. The van der Waals surface area contributed by atoms with Gasteiger partial charge in [0.2, 0.25) is 5.82 Å². The zero-order chi connectivity index (χ0) is 14.2. The third-order valence-electron chi connectivity index (χ3n) is 3.25. The predicted molar refractivity (Wildman–Crippen MR) is 75.9 cm³/mol. The molecule has 4 rings (SSSR count). The summed E-state index contributed by atoms with van der Waals surface area (Å²) in [6, 6.07) is 12.8. The molecule has 0 unspecified atom stereocenters. The van der Waals surface area contributed by atoms with E-state index in [-0.39, 0.29) is 5.75 Å². The highest BCUT2D eigenvalue weighted by Crippen LogP contribution is 2.24. The minimum absolute atomic E-state index is 0.200. The molecule has 2 aromatic heterocycles. The Morgan fingerprint density at radius 3 is 2.86 bits per heavy atom. The van der Waals surface area contributed by atoms with Gasteiger partial charge in [-0.3, -0.25) is 0 Å². The molecule has 21 heavy (non-hydrogen) atoms. The highest BCUT2D eigenvalue weighted by Gasteiger charge is 2.09. The quantitative estimate of drug-likeness (QED) is 0.584. The highest BCUT2D eigenvalue weighted by molar-refractivity contribution is 5.84. The first-order valence-electron chi connectivity index (χ1n) is 6.32. The molecular weight excluding hydrogens is 268 g/mol. The standard InChI is InChI=1S/C14H10N6O/c21-12-3-1-2-11(7-12)20-13-6-9(14-16-18-19-17-14)4-5-10(13)8-15-20/h1-8,21H,(H,16,17,18,19). The van der Waals surface area contributed by atoms with E-state index in [2.05, 4.69) is 25.7 Å². The number of hydrogen-bond donors (Lipinski definition) is 2. The Morgan fingerprint density at radius 1 is 1.10 bits per heavy atom. The lowest BCUT2D eigenvalue weighted by atomic mass is 10.1. The Balaban J connectivity index is 1.92. The van der Waals surface area contributed by atoms with Crippen LogP contribution < -0.4 is 0 Å². The molecule has 0 saturated carbocycles. The number of nitrogens with zero attached hydrogens (tertiary/aromatic N) is 5. The second-order valence-corrected chi connectivity index (χ2v) is 4.59. The monoisotopic (exact) mass is 278 g/mol. The number of phenolic OH excluding ortho intramolecular Hbond substituents is 1. The zero-order valence-electron chi connectivity index (χ0n) is 10.8. The number of hydrogen-bond acceptors (Lipinski definition) is 5. The van der Waals surface area contributed by atoms with Gasteiger partial charge in [-0.1, -0.05) is 18.2 Å². The zero-order valence-corrected chi connectivity index (χ0v) is 10.8. The highest BCUT2D eigenvalue weighted by atomic mass is 16.3. The van der Waals surface area contributed by atoms with Gasteiger partial charge >= 0.3 is 0 Å². The van der Waals surface area contributed by atoms with Crippen molar-refractivity contribution >= 4 is 10.9 Å². The van der Waals surface area contributed by atoms with Gasteiger partial charge in [-0.2, -0.15) is 10.3 Å². The molecule has 0 radical (unpaired) electrons. The van der Waals surface area contributed by atoms with Crippen molar-refractivity contribution in [1.82, 2.24) is 30.4 Å². The van der Waals surface area contributed by atoms with Crippen LogP contribution in [0, 0.1) is 0 Å². The van der Waals surface area contributed by atoms with Crippen molar-refractivity contribution in [2.24, 2.45) is 0 Å². The van der Waals surface area contributed by atoms with Crippen molar-refractivity contribution in [3.63, 3.8) is 0 Å². The summed E-state index contributed by atoms with van der Waals surface area (Å²) in [6.07, 6.45) is 1.78. The number of aromatic nitrogens is 6. The number of aromatic amines is 1. The van der Waals surface area contributed by atoms with Crippen molar-refractivity contribution < 1.29 is 5.11 Å². The molecule has 0 saturated heterocycles. The van der Waals surface area contributed by atoms with Gasteiger partial charge in [0, 0.05) is 17.0 Å². The number of phenols is 1. The molecule has 0 bridgehead atoms. The van der Waals surface area contributed by atoms with E-state index in [9.17, 15) is 5.11 Å². The van der Waals surface area contributed by atoms with Crippen LogP contribution >= 0.6 is 0 Å². The van der Waals surface area contributed by atoms with Crippen LogP contribution in [0.1, 0.15) is 0 Å². The normalized spacial score (nSPS) is 11.0. The van der Waals surface area contributed by atoms with Crippen molar-refractivity contribution in [2.45, 2.75) is 0 Å². The van der Waals surface area contributed by atoms with E-state index in [1.807, 2.05) is 24.3 Å². The summed E-state index contributed by atoms with van der Waals surface area (Å²) in [7, 11) is 0. The molecule has 4 aromatic rings. The largest absolute Gasteiger partial charge is 0.508 e. The third-order valence-corrected chi connectivity index (χ3v) is 3.25. The van der Waals surface area contributed by atoms with E-state index < -0.39 is 0 Å². The second-order valence-electron chi connectivity index (χ2n) is 4.59. The van der Waals surface area contributed by atoms with Gasteiger partial charge in [0.25, 0.3) is 0 Å². The minimum atomic E-state index is 0.200. The van der Waals surface area contributed by atoms with Gasteiger partial charge in [0.15, 0.2) is 0 Å². The smallest absolute Gasteiger partial charge is 0.204 e. The Labute approximate surface area is 118 Å². The molecule has 2 heterocycles. The second kappa shape index (κ2) is 4.41. The van der Waals surface area contributed by atoms with Crippen LogP contribution in [0.15, 0.2) is 48.7 Å². The summed E-state index contributed by atoms with van der Waals surface area (Å²) >= 11 is 0. The lowest BCUT2D eigenvalue weighted by Crippen LogP contribution is -1.95. The number of nitrogens with one attached hydrogen (secondary N) is 1. The number of tetrazole rings is 1. The summed E-state index contributed by atoms with van der Waals surface area (Å²) < 4.78 is 1.76. The van der Waals surface area contributed by atoms with Gasteiger partial charge in [-0.25, -0.2) is 4.68 Å². The van der Waals surface area contributed by atoms with Crippen LogP contribution in [0.2, 0.25) is 0 Å². The molecule has 7 heteroatoms. The molecule has 2 N–H and O–H groups in total. The fourth-order valence-electron chi connectivity index (χ4n) is 2.27. The van der Waals surface area contributed by atoms with E-state index in [1.165, 1.54) is 0 Å². The summed E-state index contributed by atoms with van der Waals surface area (Å²) in [6.45, 7) is 0. The average molecular weight is 278 g/mol. The van der Waals surface area contributed by atoms with Crippen LogP contribution in [-0.2, 0) is 0 Å². The molecule has 0 aliphatic rings. The lowest BCUT2D eigenvalue weighted by molar-refractivity contribution is 0.475. The molecule has 2 aromatic carbocycles. The van der Waals surface area contributed by atoms with Crippen molar-refractivity contribution in [1.29, 1.82) is 0 Å². The van der Waals surface area contributed by atoms with Crippen molar-refractivity contribution in [3.8, 4) is 22.8 Å². The summed E-state index contributed by atoms with van der Waals surface area (Å²) in [5, 5.41) is 28.9. The number of rotatable bonds is 2. The molecule has 0 amide bonds. The molecule has 0 fully saturated rings. The van der Waals surface area contributed by atoms with Crippen molar-refractivity contribution in [3.05, 3.63) is 48.7 Å². The van der Waals surface area contributed by atoms with Crippen LogP contribution in [0.3, 0.4) is 0 Å². The first-order chi connectivity index (χ1) is 10.3. The van der Waals surface area contributed by atoms with Crippen LogP contribution in [-0.4, -0.2) is 35.5 Å². The number of aromatic hydroxyl groups is 1. The summed E-state index contributed by atoms with van der Waals surface area (Å²) in [5.41, 5.74) is 2.54. The van der Waals surface area contributed by atoms with E-state index in [4.69, 9.17) is 0 Å². The van der Waals surface area contributed by atoms with Crippen LogP contribution in [0.4, 0.5) is 0 Å². The molecule has 0 aliphatic carbocycles. The van der Waals surface area contributed by atoms with E-state index in [1.54, 1.807) is 29.1 Å². The Morgan fingerprint density at radius 2 is 2.05 bits per heavy atom. The van der Waals surface area contributed by atoms with Crippen molar-refractivity contribution in [2.75, 3.05) is 0 Å². The number of H-pyrrole nitrogens is 1. The summed E-state index contributed by atoms with van der Waals surface area (Å²) in [5.74, 6) is 0.728. The molecule has 0 atom stereocenters. The van der Waals surface area contributed by atoms with Gasteiger partial charge in [0.05, 0.1) is 17.4 Å². The maximum Gasteiger partial charge on any atom is 0.204 e. The molecule has 7 nitrogen and oxygen atoms in total. The van der Waals surface area contributed by atoms with Crippen LogP contribution in [0.25, 0.3) is 28.0 Å². The first-order valence-corrected chi connectivity index (χ1v) is 6.32. The molecule has 0 spiro atoms. The maximum atomic E-state index is 9.62. The Hall–Kier alpha value is -3.22. The Bertz CT molecular complexity index is 912.